The molecule has 0 unspecified atom stereocenters. The van der Waals surface area contributed by atoms with Gasteiger partial charge in [-0.3, -0.25) is 14.5 Å². The summed E-state index contributed by atoms with van der Waals surface area (Å²) in [4.78, 5) is 27.9. The van der Waals surface area contributed by atoms with Crippen molar-refractivity contribution < 1.29 is 9.59 Å². The monoisotopic (exact) mass is 288 g/mol. The van der Waals surface area contributed by atoms with Gasteiger partial charge in [0.25, 0.3) is 0 Å². The summed E-state index contributed by atoms with van der Waals surface area (Å²) in [5.74, 6) is 0.293. The van der Waals surface area contributed by atoms with Crippen LogP contribution in [0.4, 0.5) is 0 Å². The lowest BCUT2D eigenvalue weighted by Crippen LogP contribution is -2.35. The topological polar surface area (TPSA) is 40.6 Å². The number of nitrogens with zero attached hydrogens (tertiary/aromatic N) is 2. The minimum atomic E-state index is 0.123. The molecule has 1 saturated heterocycles. The lowest BCUT2D eigenvalue weighted by atomic mass is 10.0. The van der Waals surface area contributed by atoms with Gasteiger partial charge >= 0.3 is 0 Å². The molecular weight excluding hydrogens is 264 g/mol. The Morgan fingerprint density at radius 2 is 1.86 bits per heavy atom. The number of ketones is 1. The van der Waals surface area contributed by atoms with Gasteiger partial charge < -0.3 is 4.90 Å². The van der Waals surface area contributed by atoms with Crippen LogP contribution in [0.1, 0.15) is 34.8 Å². The van der Waals surface area contributed by atoms with Crippen LogP contribution in [0.25, 0.3) is 0 Å². The van der Waals surface area contributed by atoms with Gasteiger partial charge in [-0.05, 0) is 25.8 Å². The smallest absolute Gasteiger partial charge is 0.219 e. The minimum absolute atomic E-state index is 0.123. The third kappa shape index (κ3) is 4.14. The molecule has 2 rings (SSSR count). The van der Waals surface area contributed by atoms with E-state index in [0.29, 0.717) is 6.54 Å². The molecule has 114 valence electrons. The van der Waals surface area contributed by atoms with Gasteiger partial charge in [0.2, 0.25) is 5.91 Å². The molecule has 1 aromatic rings. The molecule has 1 fully saturated rings. The lowest BCUT2D eigenvalue weighted by Gasteiger charge is -2.20. The molecule has 0 atom stereocenters. The van der Waals surface area contributed by atoms with Gasteiger partial charge in [0.15, 0.2) is 5.78 Å². The molecule has 0 saturated carbocycles. The average molecular weight is 288 g/mol. The highest BCUT2D eigenvalue weighted by atomic mass is 16.2. The number of carbonyl (C=O) groups excluding carboxylic acids is 2. The van der Waals surface area contributed by atoms with Crippen molar-refractivity contribution in [3.05, 3.63) is 34.9 Å². The van der Waals surface area contributed by atoms with E-state index in [9.17, 15) is 9.59 Å². The number of aryl methyl sites for hydroxylation is 2. The minimum Gasteiger partial charge on any atom is -0.342 e. The highest BCUT2D eigenvalue weighted by molar-refractivity contribution is 5.99. The molecule has 0 aromatic heterocycles. The van der Waals surface area contributed by atoms with E-state index in [1.807, 2.05) is 36.9 Å². The maximum Gasteiger partial charge on any atom is 0.219 e. The highest BCUT2D eigenvalue weighted by Gasteiger charge is 2.19. The summed E-state index contributed by atoms with van der Waals surface area (Å²) >= 11 is 0. The molecular formula is C17H24N2O2. The molecule has 1 aliphatic rings. The van der Waals surface area contributed by atoms with E-state index in [1.54, 1.807) is 6.92 Å². The SMILES string of the molecule is CC(=O)N1CCCN(CC(=O)c2ccc(C)cc2C)CC1. The van der Waals surface area contributed by atoms with Crippen LogP contribution in [0.3, 0.4) is 0 Å². The van der Waals surface area contributed by atoms with Crippen molar-refractivity contribution in [3.8, 4) is 0 Å². The number of hydrogen-bond acceptors (Lipinski definition) is 3. The summed E-state index contributed by atoms with van der Waals surface area (Å²) in [6, 6.07) is 5.96. The second-order valence-corrected chi connectivity index (χ2v) is 5.88. The maximum atomic E-state index is 12.5. The first kappa shape index (κ1) is 15.7. The fourth-order valence-electron chi connectivity index (χ4n) is 2.86. The molecule has 0 N–H and O–H groups in total. The zero-order valence-corrected chi connectivity index (χ0v) is 13.2. The predicted octanol–water partition coefficient (Wildman–Crippen LogP) is 2.04. The zero-order valence-electron chi connectivity index (χ0n) is 13.2. The summed E-state index contributed by atoms with van der Waals surface area (Å²) in [5.41, 5.74) is 3.03. The van der Waals surface area contributed by atoms with Crippen LogP contribution in [-0.2, 0) is 4.79 Å². The Hall–Kier alpha value is -1.68. The Labute approximate surface area is 126 Å². The lowest BCUT2D eigenvalue weighted by molar-refractivity contribution is -0.128. The Morgan fingerprint density at radius 1 is 1.10 bits per heavy atom. The van der Waals surface area contributed by atoms with Crippen LogP contribution in [0.15, 0.2) is 18.2 Å². The van der Waals surface area contributed by atoms with E-state index >= 15 is 0 Å². The van der Waals surface area contributed by atoms with Crippen LogP contribution >= 0.6 is 0 Å². The van der Waals surface area contributed by atoms with E-state index in [0.717, 1.165) is 43.7 Å². The van der Waals surface area contributed by atoms with Gasteiger partial charge in [-0.1, -0.05) is 23.8 Å². The van der Waals surface area contributed by atoms with Gasteiger partial charge in [-0.15, -0.1) is 0 Å². The molecule has 21 heavy (non-hydrogen) atoms. The fraction of sp³-hybridized carbons (Fsp3) is 0.529. The van der Waals surface area contributed by atoms with Gasteiger partial charge in [-0.25, -0.2) is 0 Å². The molecule has 1 aromatic carbocycles. The Kier molecular flexibility index (Phi) is 5.12. The van der Waals surface area contributed by atoms with Crippen LogP contribution in [0.2, 0.25) is 0 Å². The summed E-state index contributed by atoms with van der Waals surface area (Å²) in [7, 11) is 0. The molecule has 1 aliphatic heterocycles. The molecule has 0 bridgehead atoms. The largest absolute Gasteiger partial charge is 0.342 e. The summed E-state index contributed by atoms with van der Waals surface area (Å²) in [6.45, 7) is 9.23. The van der Waals surface area contributed by atoms with Gasteiger partial charge in [0, 0.05) is 38.7 Å². The third-order valence-electron chi connectivity index (χ3n) is 4.08. The second-order valence-electron chi connectivity index (χ2n) is 5.88. The number of amides is 1. The molecule has 0 radical (unpaired) electrons. The second kappa shape index (κ2) is 6.85. The summed E-state index contributed by atoms with van der Waals surface area (Å²) < 4.78 is 0. The van der Waals surface area contributed by atoms with E-state index in [2.05, 4.69) is 4.90 Å². The average Bonchev–Trinajstić information content (AvgIpc) is 2.64. The van der Waals surface area contributed by atoms with Crippen LogP contribution in [-0.4, -0.2) is 54.2 Å². The quantitative estimate of drug-likeness (QED) is 0.799. The van der Waals surface area contributed by atoms with E-state index in [4.69, 9.17) is 0 Å². The van der Waals surface area contributed by atoms with Gasteiger partial charge in [-0.2, -0.15) is 0 Å². The number of rotatable bonds is 3. The van der Waals surface area contributed by atoms with Crippen molar-refractivity contribution in [1.82, 2.24) is 9.80 Å². The van der Waals surface area contributed by atoms with Crippen LogP contribution in [0.5, 0.6) is 0 Å². The molecule has 4 nitrogen and oxygen atoms in total. The van der Waals surface area contributed by atoms with Gasteiger partial charge in [0.1, 0.15) is 0 Å². The third-order valence-corrected chi connectivity index (χ3v) is 4.08. The fourth-order valence-corrected chi connectivity index (χ4v) is 2.86. The van der Waals surface area contributed by atoms with Crippen molar-refractivity contribution in [2.24, 2.45) is 0 Å². The standard InChI is InChI=1S/C17H24N2O2/c1-13-5-6-16(14(2)11-13)17(21)12-18-7-4-8-19(10-9-18)15(3)20/h5-6,11H,4,7-10,12H2,1-3H3. The molecule has 4 heteroatoms. The first-order valence-electron chi connectivity index (χ1n) is 7.55. The van der Waals surface area contributed by atoms with Crippen LogP contribution in [0, 0.1) is 13.8 Å². The van der Waals surface area contributed by atoms with Crippen LogP contribution < -0.4 is 0 Å². The maximum absolute atomic E-state index is 12.5. The van der Waals surface area contributed by atoms with E-state index in [-0.39, 0.29) is 11.7 Å². The number of benzene rings is 1. The summed E-state index contributed by atoms with van der Waals surface area (Å²) in [5, 5.41) is 0. The predicted molar refractivity (Wildman–Crippen MR) is 83.6 cm³/mol. The number of carbonyl (C=O) groups is 2. The van der Waals surface area contributed by atoms with Crippen molar-refractivity contribution in [1.29, 1.82) is 0 Å². The first-order valence-corrected chi connectivity index (χ1v) is 7.55. The Bertz CT molecular complexity index is 540. The van der Waals surface area contributed by atoms with Crippen molar-refractivity contribution >= 4 is 11.7 Å². The number of Topliss-reactive ketones (excluding diaryl/α,β-unsaturated/α-hetero) is 1. The number of hydrogen-bond donors (Lipinski definition) is 0. The Morgan fingerprint density at radius 3 is 2.52 bits per heavy atom. The molecule has 0 spiro atoms. The van der Waals surface area contributed by atoms with Crippen molar-refractivity contribution in [2.75, 3.05) is 32.7 Å². The Balaban J connectivity index is 1.98. The van der Waals surface area contributed by atoms with Gasteiger partial charge in [0.05, 0.1) is 6.54 Å². The van der Waals surface area contributed by atoms with E-state index in [1.165, 1.54) is 5.56 Å². The normalized spacial score (nSPS) is 16.6. The highest BCUT2D eigenvalue weighted by Crippen LogP contribution is 2.13. The molecule has 1 heterocycles. The van der Waals surface area contributed by atoms with Crippen molar-refractivity contribution in [3.63, 3.8) is 0 Å². The van der Waals surface area contributed by atoms with Crippen molar-refractivity contribution in [2.45, 2.75) is 27.2 Å². The molecule has 0 aliphatic carbocycles. The van der Waals surface area contributed by atoms with E-state index < -0.39 is 0 Å². The zero-order chi connectivity index (χ0) is 15.4. The first-order chi connectivity index (χ1) is 9.97. The summed E-state index contributed by atoms with van der Waals surface area (Å²) in [6.07, 6.45) is 0.930. The molecule has 1 amide bonds.